The highest BCUT2D eigenvalue weighted by Crippen LogP contribution is 2.37. The van der Waals surface area contributed by atoms with Gasteiger partial charge in [0.05, 0.1) is 6.07 Å². The van der Waals surface area contributed by atoms with E-state index in [-0.39, 0.29) is 12.3 Å². The molecule has 1 aliphatic rings. The third kappa shape index (κ3) is 1.89. The molecule has 1 nitrogen and oxygen atoms in total. The second kappa shape index (κ2) is 3.66. The molecule has 0 aromatic carbocycles. The number of halogens is 2. The average Bonchev–Trinajstić information content (AvgIpc) is 1.82. The molecule has 1 atom stereocenters. The summed E-state index contributed by atoms with van der Waals surface area (Å²) in [7, 11) is 0. The van der Waals surface area contributed by atoms with E-state index in [1.807, 2.05) is 6.07 Å². The first kappa shape index (κ1) is 8.45. The molecule has 0 amide bonds. The van der Waals surface area contributed by atoms with E-state index in [1.54, 1.807) is 0 Å². The third-order valence-electron chi connectivity index (χ3n) is 2.41. The van der Waals surface area contributed by atoms with Crippen LogP contribution in [0.15, 0.2) is 0 Å². The number of hydrogen-bond donors (Lipinski definition) is 0. The largest absolute Gasteiger partial charge is 0.242 e. The van der Waals surface area contributed by atoms with Crippen LogP contribution in [0.2, 0.25) is 0 Å². The Morgan fingerprint density at radius 2 is 2.09 bits per heavy atom. The van der Waals surface area contributed by atoms with Crippen LogP contribution in [0.25, 0.3) is 0 Å². The van der Waals surface area contributed by atoms with Crippen LogP contribution in [0.4, 0.5) is 8.78 Å². The summed E-state index contributed by atoms with van der Waals surface area (Å²) < 4.78 is 24.4. The van der Waals surface area contributed by atoms with Gasteiger partial charge in [-0.1, -0.05) is 6.42 Å². The van der Waals surface area contributed by atoms with Gasteiger partial charge >= 0.3 is 0 Å². The van der Waals surface area contributed by atoms with Gasteiger partial charge < -0.3 is 0 Å². The van der Waals surface area contributed by atoms with Crippen molar-refractivity contribution in [1.29, 1.82) is 5.26 Å². The van der Waals surface area contributed by atoms with Crippen LogP contribution in [0.1, 0.15) is 25.7 Å². The van der Waals surface area contributed by atoms with Crippen molar-refractivity contribution in [3.63, 3.8) is 0 Å². The van der Waals surface area contributed by atoms with E-state index in [2.05, 4.69) is 0 Å². The first-order valence-corrected chi connectivity index (χ1v) is 3.91. The molecule has 1 aliphatic carbocycles. The standard InChI is InChI=1S/C8H11F2N/c9-8(10)7(4-5-11)6-2-1-3-6/h6-8H,1-4H2. The molecule has 0 spiro atoms. The van der Waals surface area contributed by atoms with Crippen LogP contribution >= 0.6 is 0 Å². The molecule has 1 fully saturated rings. The number of nitriles is 1. The van der Waals surface area contributed by atoms with Crippen LogP contribution in [-0.2, 0) is 0 Å². The Morgan fingerprint density at radius 3 is 2.36 bits per heavy atom. The summed E-state index contributed by atoms with van der Waals surface area (Å²) in [4.78, 5) is 0. The van der Waals surface area contributed by atoms with Gasteiger partial charge in [-0.25, -0.2) is 8.78 Å². The van der Waals surface area contributed by atoms with Gasteiger partial charge in [0.25, 0.3) is 0 Å². The fraction of sp³-hybridized carbons (Fsp3) is 0.875. The molecule has 0 radical (unpaired) electrons. The Labute approximate surface area is 65.0 Å². The van der Waals surface area contributed by atoms with Crippen molar-refractivity contribution in [3.05, 3.63) is 0 Å². The fourth-order valence-electron chi connectivity index (χ4n) is 1.43. The molecular weight excluding hydrogens is 148 g/mol. The lowest BCUT2D eigenvalue weighted by Crippen LogP contribution is -2.27. The number of alkyl halides is 2. The predicted molar refractivity (Wildman–Crippen MR) is 37.1 cm³/mol. The molecule has 0 bridgehead atoms. The average molecular weight is 159 g/mol. The Morgan fingerprint density at radius 1 is 1.45 bits per heavy atom. The molecule has 0 aromatic heterocycles. The summed E-state index contributed by atoms with van der Waals surface area (Å²) in [5.74, 6) is -0.539. The number of nitrogens with zero attached hydrogens (tertiary/aromatic N) is 1. The summed E-state index contributed by atoms with van der Waals surface area (Å²) in [5.41, 5.74) is 0. The van der Waals surface area contributed by atoms with Crippen molar-refractivity contribution in [2.24, 2.45) is 11.8 Å². The van der Waals surface area contributed by atoms with Crippen LogP contribution in [0, 0.1) is 23.2 Å². The molecule has 3 heteroatoms. The van der Waals surface area contributed by atoms with Crippen molar-refractivity contribution in [2.75, 3.05) is 0 Å². The fourth-order valence-corrected chi connectivity index (χ4v) is 1.43. The molecule has 1 unspecified atom stereocenters. The zero-order valence-electron chi connectivity index (χ0n) is 6.26. The Kier molecular flexibility index (Phi) is 2.81. The van der Waals surface area contributed by atoms with Gasteiger partial charge in [-0.2, -0.15) is 5.26 Å². The van der Waals surface area contributed by atoms with Crippen molar-refractivity contribution in [3.8, 4) is 6.07 Å². The first-order valence-electron chi connectivity index (χ1n) is 3.91. The maximum atomic E-state index is 12.2. The monoisotopic (exact) mass is 159 g/mol. The van der Waals surface area contributed by atoms with Crippen molar-refractivity contribution in [1.82, 2.24) is 0 Å². The van der Waals surface area contributed by atoms with Gasteiger partial charge in [-0.05, 0) is 18.8 Å². The van der Waals surface area contributed by atoms with E-state index in [0.29, 0.717) is 0 Å². The Hall–Kier alpha value is -0.650. The highest BCUT2D eigenvalue weighted by molar-refractivity contribution is 4.85. The maximum Gasteiger partial charge on any atom is 0.242 e. The minimum absolute atomic E-state index is 0.0162. The molecule has 1 saturated carbocycles. The third-order valence-corrected chi connectivity index (χ3v) is 2.41. The number of rotatable bonds is 3. The van der Waals surface area contributed by atoms with E-state index in [4.69, 9.17) is 5.26 Å². The molecule has 0 saturated heterocycles. The predicted octanol–water partition coefficient (Wildman–Crippen LogP) is 2.58. The van der Waals surface area contributed by atoms with Gasteiger partial charge in [-0.15, -0.1) is 0 Å². The zero-order valence-corrected chi connectivity index (χ0v) is 6.26. The molecule has 0 N–H and O–H groups in total. The molecule has 0 aromatic rings. The lowest BCUT2D eigenvalue weighted by Gasteiger charge is -2.31. The van der Waals surface area contributed by atoms with Crippen LogP contribution < -0.4 is 0 Å². The van der Waals surface area contributed by atoms with E-state index in [1.165, 1.54) is 0 Å². The maximum absolute atomic E-state index is 12.2. The van der Waals surface area contributed by atoms with Crippen LogP contribution in [0.5, 0.6) is 0 Å². The van der Waals surface area contributed by atoms with Gasteiger partial charge in [0.15, 0.2) is 0 Å². The number of hydrogen-bond acceptors (Lipinski definition) is 1. The van der Waals surface area contributed by atoms with Gasteiger partial charge in [0.2, 0.25) is 6.43 Å². The zero-order chi connectivity index (χ0) is 8.27. The van der Waals surface area contributed by atoms with Crippen LogP contribution in [-0.4, -0.2) is 6.43 Å². The SMILES string of the molecule is N#CCC(C(F)F)C1CCC1. The quantitative estimate of drug-likeness (QED) is 0.620. The van der Waals surface area contributed by atoms with Gasteiger partial charge in [-0.3, -0.25) is 0 Å². The summed E-state index contributed by atoms with van der Waals surface area (Å²) in [6, 6.07) is 1.82. The molecule has 0 aliphatic heterocycles. The van der Waals surface area contributed by atoms with E-state index in [0.717, 1.165) is 19.3 Å². The Bertz CT molecular complexity index is 158. The molecular formula is C8H11F2N. The minimum Gasteiger partial charge on any atom is -0.210 e. The smallest absolute Gasteiger partial charge is 0.210 e. The van der Waals surface area contributed by atoms with E-state index >= 15 is 0 Å². The molecule has 11 heavy (non-hydrogen) atoms. The topological polar surface area (TPSA) is 23.8 Å². The van der Waals surface area contributed by atoms with Crippen molar-refractivity contribution >= 4 is 0 Å². The summed E-state index contributed by atoms with van der Waals surface area (Å²) in [6.07, 6.45) is 0.537. The minimum atomic E-state index is -2.31. The second-order valence-corrected chi connectivity index (χ2v) is 3.05. The highest BCUT2D eigenvalue weighted by Gasteiger charge is 2.33. The summed E-state index contributed by atoms with van der Waals surface area (Å²) in [5, 5.41) is 8.27. The van der Waals surface area contributed by atoms with E-state index < -0.39 is 12.3 Å². The second-order valence-electron chi connectivity index (χ2n) is 3.05. The van der Waals surface area contributed by atoms with Gasteiger partial charge in [0.1, 0.15) is 0 Å². The normalized spacial score (nSPS) is 20.9. The lowest BCUT2D eigenvalue weighted by atomic mass is 9.75. The summed E-state index contributed by atoms with van der Waals surface area (Å²) in [6.45, 7) is 0. The molecule has 1 rings (SSSR count). The first-order chi connectivity index (χ1) is 5.25. The lowest BCUT2D eigenvalue weighted by molar-refractivity contribution is 0.0206. The van der Waals surface area contributed by atoms with Crippen LogP contribution in [0.3, 0.4) is 0 Å². The van der Waals surface area contributed by atoms with E-state index in [9.17, 15) is 8.78 Å². The highest BCUT2D eigenvalue weighted by atomic mass is 19.3. The summed E-state index contributed by atoms with van der Waals surface area (Å²) >= 11 is 0. The van der Waals surface area contributed by atoms with Gasteiger partial charge in [0, 0.05) is 12.3 Å². The Balaban J connectivity index is 2.39. The van der Waals surface area contributed by atoms with Crippen molar-refractivity contribution < 1.29 is 8.78 Å². The molecule has 0 heterocycles. The molecule has 62 valence electrons. The van der Waals surface area contributed by atoms with Crippen molar-refractivity contribution in [2.45, 2.75) is 32.1 Å².